The smallest absolute Gasteiger partial charge is 0.263 e. The number of benzene rings is 1. The molecule has 0 bridgehead atoms. The molecule has 5 rings (SSSR count). The molecule has 2 aromatic rings. The van der Waals surface area contributed by atoms with Crippen LogP contribution in [-0.4, -0.2) is 67.7 Å². The predicted octanol–water partition coefficient (Wildman–Crippen LogP) is 1.95. The number of aromatic nitrogens is 2. The maximum absolute atomic E-state index is 13.6. The second-order valence-electron chi connectivity index (χ2n) is 8.12. The van der Waals surface area contributed by atoms with Crippen molar-refractivity contribution in [3.63, 3.8) is 0 Å². The molecule has 2 saturated heterocycles. The van der Waals surface area contributed by atoms with E-state index in [4.69, 9.17) is 4.98 Å². The second kappa shape index (κ2) is 8.10. The highest BCUT2D eigenvalue weighted by molar-refractivity contribution is 6.10. The largest absolute Gasteiger partial charge is 0.369 e. The Labute approximate surface area is 177 Å². The molecule has 8 nitrogen and oxygen atoms in total. The summed E-state index contributed by atoms with van der Waals surface area (Å²) in [6.07, 6.45) is 3.88. The Kier molecular flexibility index (Phi) is 5.16. The molecule has 2 N–H and O–H groups in total. The molecule has 158 valence electrons. The first-order valence-corrected chi connectivity index (χ1v) is 11.0. The van der Waals surface area contributed by atoms with Gasteiger partial charge in [0.25, 0.3) is 5.91 Å². The van der Waals surface area contributed by atoms with E-state index >= 15 is 0 Å². The summed E-state index contributed by atoms with van der Waals surface area (Å²) in [5, 5.41) is 6.57. The second-order valence-corrected chi connectivity index (χ2v) is 8.12. The molecule has 1 aromatic carbocycles. The fourth-order valence-corrected chi connectivity index (χ4v) is 4.73. The number of nitrogens with one attached hydrogen (secondary N) is 2. The number of hydrogen-bond donors (Lipinski definition) is 2. The molecule has 3 aliphatic heterocycles. The normalized spacial score (nSPS) is 21.3. The standard InChI is InChI=1S/C22H29N7O/c1-2-24-22-25-14-19-20(26-22)28-10-4-7-18(28)15-29(21(19)30)17-6-3-5-16(13-17)27-11-8-23-9-12-27/h3,5-6,13-14,18,23H,2,4,7-12,15H2,1H3,(H,24,25,26). The van der Waals surface area contributed by atoms with Crippen molar-refractivity contribution >= 4 is 29.0 Å². The quantitative estimate of drug-likeness (QED) is 0.802. The summed E-state index contributed by atoms with van der Waals surface area (Å²) >= 11 is 0. The molecule has 2 fully saturated rings. The SMILES string of the molecule is CCNc1ncc2c(n1)N1CCCC1CN(c1cccc(N3CCNCC3)c1)C2=O. The van der Waals surface area contributed by atoms with Crippen LogP contribution in [0.5, 0.6) is 0 Å². The molecule has 0 radical (unpaired) electrons. The molecular weight excluding hydrogens is 378 g/mol. The summed E-state index contributed by atoms with van der Waals surface area (Å²) in [5.41, 5.74) is 2.72. The monoisotopic (exact) mass is 407 g/mol. The summed E-state index contributed by atoms with van der Waals surface area (Å²) in [6, 6.07) is 8.67. The van der Waals surface area contributed by atoms with Gasteiger partial charge in [0, 0.05) is 69.4 Å². The Balaban J connectivity index is 1.51. The van der Waals surface area contributed by atoms with Gasteiger partial charge >= 0.3 is 0 Å². The molecular formula is C22H29N7O. The number of carbonyl (C=O) groups is 1. The number of piperazine rings is 1. The van der Waals surface area contributed by atoms with Crippen molar-refractivity contribution in [2.45, 2.75) is 25.8 Å². The van der Waals surface area contributed by atoms with E-state index in [2.05, 4.69) is 43.6 Å². The molecule has 1 unspecified atom stereocenters. The summed E-state index contributed by atoms with van der Waals surface area (Å²) < 4.78 is 0. The first-order valence-electron chi connectivity index (χ1n) is 11.0. The van der Waals surface area contributed by atoms with Crippen molar-refractivity contribution in [2.24, 2.45) is 0 Å². The molecule has 1 atom stereocenters. The van der Waals surface area contributed by atoms with Crippen LogP contribution in [0.1, 0.15) is 30.1 Å². The maximum atomic E-state index is 13.6. The lowest BCUT2D eigenvalue weighted by Crippen LogP contribution is -2.43. The van der Waals surface area contributed by atoms with Crippen LogP contribution >= 0.6 is 0 Å². The first kappa shape index (κ1) is 19.1. The summed E-state index contributed by atoms with van der Waals surface area (Å²) in [5.74, 6) is 1.35. The minimum absolute atomic E-state index is 0.0140. The van der Waals surface area contributed by atoms with Crippen LogP contribution in [0.2, 0.25) is 0 Å². The molecule has 1 aromatic heterocycles. The summed E-state index contributed by atoms with van der Waals surface area (Å²) in [7, 11) is 0. The minimum atomic E-state index is -0.0140. The van der Waals surface area contributed by atoms with E-state index in [-0.39, 0.29) is 11.9 Å². The van der Waals surface area contributed by atoms with Gasteiger partial charge in [0.05, 0.1) is 0 Å². The third-order valence-electron chi connectivity index (χ3n) is 6.25. The van der Waals surface area contributed by atoms with Crippen molar-refractivity contribution in [3.8, 4) is 0 Å². The van der Waals surface area contributed by atoms with E-state index in [1.54, 1.807) is 6.20 Å². The average molecular weight is 408 g/mol. The summed E-state index contributed by atoms with van der Waals surface area (Å²) in [4.78, 5) is 29.3. The lowest BCUT2D eigenvalue weighted by atomic mass is 10.1. The highest BCUT2D eigenvalue weighted by Gasteiger charge is 2.37. The number of rotatable bonds is 4. The molecule has 30 heavy (non-hydrogen) atoms. The van der Waals surface area contributed by atoms with Crippen LogP contribution in [0.15, 0.2) is 30.5 Å². The van der Waals surface area contributed by atoms with Crippen LogP contribution in [0.4, 0.5) is 23.1 Å². The molecule has 3 aliphatic rings. The van der Waals surface area contributed by atoms with Crippen molar-refractivity contribution in [3.05, 3.63) is 36.0 Å². The van der Waals surface area contributed by atoms with E-state index in [0.29, 0.717) is 18.1 Å². The highest BCUT2D eigenvalue weighted by atomic mass is 16.2. The van der Waals surface area contributed by atoms with Gasteiger partial charge in [-0.05, 0) is 38.0 Å². The van der Waals surface area contributed by atoms with Gasteiger partial charge in [-0.3, -0.25) is 4.79 Å². The Morgan fingerprint density at radius 2 is 2.03 bits per heavy atom. The van der Waals surface area contributed by atoms with E-state index < -0.39 is 0 Å². The fraction of sp³-hybridized carbons (Fsp3) is 0.500. The number of fused-ring (bicyclic) bond motifs is 3. The van der Waals surface area contributed by atoms with Crippen molar-refractivity contribution in [1.29, 1.82) is 0 Å². The van der Waals surface area contributed by atoms with Gasteiger partial charge in [-0.25, -0.2) is 4.98 Å². The molecule has 0 saturated carbocycles. The zero-order valence-corrected chi connectivity index (χ0v) is 17.5. The predicted molar refractivity (Wildman–Crippen MR) is 120 cm³/mol. The van der Waals surface area contributed by atoms with E-state index in [1.807, 2.05) is 17.9 Å². The van der Waals surface area contributed by atoms with E-state index in [1.165, 1.54) is 5.69 Å². The van der Waals surface area contributed by atoms with Gasteiger partial charge in [0.15, 0.2) is 0 Å². The van der Waals surface area contributed by atoms with Crippen molar-refractivity contribution < 1.29 is 4.79 Å². The third-order valence-corrected chi connectivity index (χ3v) is 6.25. The lowest BCUT2D eigenvalue weighted by Gasteiger charge is -2.31. The number of anilines is 4. The highest BCUT2D eigenvalue weighted by Crippen LogP contribution is 2.35. The molecule has 4 heterocycles. The van der Waals surface area contributed by atoms with Gasteiger partial charge in [-0.1, -0.05) is 6.07 Å². The van der Waals surface area contributed by atoms with Crippen LogP contribution < -0.4 is 25.3 Å². The van der Waals surface area contributed by atoms with Crippen LogP contribution in [0.3, 0.4) is 0 Å². The topological polar surface area (TPSA) is 76.6 Å². The molecule has 8 heteroatoms. The van der Waals surface area contributed by atoms with Crippen LogP contribution in [0.25, 0.3) is 0 Å². The zero-order valence-electron chi connectivity index (χ0n) is 17.5. The van der Waals surface area contributed by atoms with Crippen molar-refractivity contribution in [1.82, 2.24) is 15.3 Å². The molecule has 0 aliphatic carbocycles. The number of hydrogen-bond acceptors (Lipinski definition) is 7. The van der Waals surface area contributed by atoms with Gasteiger partial charge in [-0.2, -0.15) is 4.98 Å². The Bertz CT molecular complexity index is 927. The van der Waals surface area contributed by atoms with Gasteiger partial charge in [0.2, 0.25) is 5.95 Å². The van der Waals surface area contributed by atoms with Gasteiger partial charge < -0.3 is 25.3 Å². The summed E-state index contributed by atoms with van der Waals surface area (Å²) in [6.45, 7) is 8.33. The molecule has 1 amide bonds. The van der Waals surface area contributed by atoms with E-state index in [0.717, 1.165) is 63.6 Å². The Morgan fingerprint density at radius 3 is 2.87 bits per heavy atom. The third kappa shape index (κ3) is 3.45. The minimum Gasteiger partial charge on any atom is -0.369 e. The number of amides is 1. The fourth-order valence-electron chi connectivity index (χ4n) is 4.73. The van der Waals surface area contributed by atoms with Gasteiger partial charge in [0.1, 0.15) is 11.4 Å². The zero-order chi connectivity index (χ0) is 20.5. The van der Waals surface area contributed by atoms with E-state index in [9.17, 15) is 4.79 Å². The van der Waals surface area contributed by atoms with Gasteiger partial charge in [-0.15, -0.1) is 0 Å². The Hall–Kier alpha value is -2.87. The van der Waals surface area contributed by atoms with Crippen LogP contribution in [-0.2, 0) is 0 Å². The first-order chi connectivity index (χ1) is 14.7. The number of nitrogens with zero attached hydrogens (tertiary/aromatic N) is 5. The lowest BCUT2D eigenvalue weighted by molar-refractivity contribution is 0.0988. The Morgan fingerprint density at radius 1 is 1.20 bits per heavy atom. The average Bonchev–Trinajstić information content (AvgIpc) is 3.22. The molecule has 0 spiro atoms. The van der Waals surface area contributed by atoms with Crippen LogP contribution in [0, 0.1) is 0 Å². The maximum Gasteiger partial charge on any atom is 0.263 e. The van der Waals surface area contributed by atoms with Crippen molar-refractivity contribution in [2.75, 3.05) is 65.8 Å². The number of carbonyl (C=O) groups excluding carboxylic acids is 1.